The zero-order chi connectivity index (χ0) is 39.3. The largest absolute Gasteiger partial charge is 0.388 e. The number of hydrogen-bond acceptors (Lipinski definition) is 9. The Kier molecular flexibility index (Phi) is 23.0. The zero-order valence-electron chi connectivity index (χ0n) is 33.3. The summed E-state index contributed by atoms with van der Waals surface area (Å²) in [5, 5.41) is 6.08. The monoisotopic (exact) mass is 753 g/mol. The smallest absolute Gasteiger partial charge is 0.253 e. The number of hydrogen-bond donors (Lipinski definition) is 3. The normalized spacial score (nSPS) is 19.4. The van der Waals surface area contributed by atoms with Gasteiger partial charge in [0, 0.05) is 76.3 Å². The molecule has 298 valence electrons. The molecule has 1 aromatic carbocycles. The minimum atomic E-state index is -0.461. The molecule has 3 amide bonds. The van der Waals surface area contributed by atoms with Gasteiger partial charge >= 0.3 is 0 Å². The standard InChI is InChI=1S/C32H49FN6O3S.C2H6O.2C2H6.CH2O/c1-3-4-29(35-21-40)36-30(41)26-18-28(27(33)17-22(26)2)37-15-9-32(10-16-37)19-23(20-32)31(42)38-11-7-25(8-12-38)43-39-13-5-24(34)6-14-39;1-3-2;3*1-2/h17-18,21,23-25,29H,3-16,19-20,34H2,1-2H3,(H,35,40)(H,36,41);1-2H3;2*1-2H3;1H2. The molecule has 5 rings (SSSR count). The molecule has 3 heterocycles. The lowest BCUT2D eigenvalue weighted by Crippen LogP contribution is -2.53. The van der Waals surface area contributed by atoms with E-state index in [1.54, 1.807) is 27.2 Å². The number of carbonyl (C=O) groups is 4. The number of methoxy groups -OCH3 is 1. The highest BCUT2D eigenvalue weighted by Crippen LogP contribution is 2.53. The van der Waals surface area contributed by atoms with Gasteiger partial charge in [0.05, 0.1) is 5.69 Å². The third kappa shape index (κ3) is 13.9. The molecule has 0 bridgehead atoms. The van der Waals surface area contributed by atoms with Crippen LogP contribution in [-0.2, 0) is 19.1 Å². The van der Waals surface area contributed by atoms with Crippen LogP contribution >= 0.6 is 11.9 Å². The molecular formula is C39H69FN6O5S. The van der Waals surface area contributed by atoms with Gasteiger partial charge in [0.1, 0.15) is 18.8 Å². The number of halogens is 1. The summed E-state index contributed by atoms with van der Waals surface area (Å²) in [7, 11) is 3.25. The van der Waals surface area contributed by atoms with E-state index >= 15 is 4.39 Å². The molecule has 4 N–H and O–H groups in total. The maximum atomic E-state index is 15.1. The van der Waals surface area contributed by atoms with Crippen LogP contribution in [0.2, 0.25) is 0 Å². The minimum absolute atomic E-state index is 0.113. The molecule has 3 saturated heterocycles. The quantitative estimate of drug-likeness (QED) is 0.151. The lowest BCUT2D eigenvalue weighted by atomic mass is 9.57. The summed E-state index contributed by atoms with van der Waals surface area (Å²) in [6.45, 7) is 19.0. The Bertz CT molecular complexity index is 1180. The van der Waals surface area contributed by atoms with Crippen molar-refractivity contribution in [2.24, 2.45) is 17.1 Å². The Hall–Kier alpha value is -2.74. The SMILES string of the molecule is C=O.CC.CC.CCCC(NC=O)NC(=O)c1cc(N2CCC3(CC2)CC(C(=O)N2CCC(SN4CCC(N)CC4)CC2)C3)c(F)cc1C.COC. The van der Waals surface area contributed by atoms with E-state index in [-0.39, 0.29) is 23.1 Å². The first-order valence-corrected chi connectivity index (χ1v) is 20.2. The van der Waals surface area contributed by atoms with Crippen LogP contribution in [0, 0.1) is 24.1 Å². The summed E-state index contributed by atoms with van der Waals surface area (Å²) < 4.78 is 21.9. The van der Waals surface area contributed by atoms with E-state index in [0.717, 1.165) is 84.0 Å². The number of likely N-dealkylation sites (tertiary alicyclic amines) is 1. The van der Waals surface area contributed by atoms with Gasteiger partial charge in [0.15, 0.2) is 0 Å². The highest BCUT2D eigenvalue weighted by molar-refractivity contribution is 7.97. The molecule has 0 radical (unpaired) electrons. The summed E-state index contributed by atoms with van der Waals surface area (Å²) in [5.74, 6) is -0.208. The predicted molar refractivity (Wildman–Crippen MR) is 212 cm³/mol. The number of aryl methyl sites for hydroxylation is 1. The Balaban J connectivity index is 0.00000138. The van der Waals surface area contributed by atoms with Crippen LogP contribution in [0.3, 0.4) is 0 Å². The lowest BCUT2D eigenvalue weighted by molar-refractivity contribution is -0.145. The van der Waals surface area contributed by atoms with Gasteiger partial charge in [0.2, 0.25) is 12.3 Å². The fourth-order valence-electron chi connectivity index (χ4n) is 7.37. The zero-order valence-corrected chi connectivity index (χ0v) is 34.1. The van der Waals surface area contributed by atoms with Crippen LogP contribution in [0.25, 0.3) is 0 Å². The number of benzene rings is 1. The number of amides is 3. The van der Waals surface area contributed by atoms with Crippen LogP contribution in [0.5, 0.6) is 0 Å². The topological polar surface area (TPSA) is 137 Å². The highest BCUT2D eigenvalue weighted by Gasteiger charge is 2.49. The highest BCUT2D eigenvalue weighted by atomic mass is 32.2. The van der Waals surface area contributed by atoms with Crippen LogP contribution < -0.4 is 21.3 Å². The summed E-state index contributed by atoms with van der Waals surface area (Å²) in [4.78, 5) is 49.4. The van der Waals surface area contributed by atoms with Gasteiger partial charge in [-0.3, -0.25) is 18.7 Å². The third-order valence-electron chi connectivity index (χ3n) is 10.1. The van der Waals surface area contributed by atoms with Crippen molar-refractivity contribution >= 4 is 42.6 Å². The second kappa shape index (κ2) is 25.3. The average molecular weight is 753 g/mol. The molecule has 0 aromatic heterocycles. The summed E-state index contributed by atoms with van der Waals surface area (Å²) in [5.41, 5.74) is 7.64. The first-order valence-electron chi connectivity index (χ1n) is 19.3. The molecule has 52 heavy (non-hydrogen) atoms. The molecule has 1 aromatic rings. The first kappa shape index (κ1) is 47.3. The van der Waals surface area contributed by atoms with E-state index in [0.29, 0.717) is 59.9 Å². The van der Waals surface area contributed by atoms with Crippen molar-refractivity contribution in [1.82, 2.24) is 19.8 Å². The molecule has 13 heteroatoms. The van der Waals surface area contributed by atoms with Gasteiger partial charge in [-0.15, -0.1) is 0 Å². The van der Waals surface area contributed by atoms with Crippen molar-refractivity contribution in [2.45, 2.75) is 123 Å². The van der Waals surface area contributed by atoms with E-state index in [1.807, 2.05) is 58.3 Å². The number of ether oxygens (including phenoxy) is 1. The van der Waals surface area contributed by atoms with Crippen LogP contribution in [0.15, 0.2) is 12.1 Å². The third-order valence-corrected chi connectivity index (χ3v) is 11.5. The van der Waals surface area contributed by atoms with Crippen molar-refractivity contribution in [2.75, 3.05) is 58.4 Å². The molecule has 1 spiro atoms. The van der Waals surface area contributed by atoms with Crippen molar-refractivity contribution in [1.29, 1.82) is 0 Å². The fraction of sp³-hybridized carbons (Fsp3) is 0.744. The number of piperidine rings is 3. The van der Waals surface area contributed by atoms with E-state index in [4.69, 9.17) is 10.5 Å². The Morgan fingerprint density at radius 2 is 1.58 bits per heavy atom. The average Bonchev–Trinajstić information content (AvgIpc) is 3.15. The number of nitrogens with zero attached hydrogens (tertiary/aromatic N) is 3. The second-order valence-corrected chi connectivity index (χ2v) is 15.0. The van der Waals surface area contributed by atoms with Crippen molar-refractivity contribution in [3.8, 4) is 0 Å². The molecule has 1 unspecified atom stereocenters. The minimum Gasteiger partial charge on any atom is -0.388 e. The Morgan fingerprint density at radius 1 is 1.02 bits per heavy atom. The lowest BCUT2D eigenvalue weighted by Gasteiger charge is -2.53. The van der Waals surface area contributed by atoms with E-state index in [2.05, 4.69) is 24.6 Å². The molecule has 4 aliphatic rings. The molecule has 11 nitrogen and oxygen atoms in total. The molecular weight excluding hydrogens is 684 g/mol. The summed E-state index contributed by atoms with van der Waals surface area (Å²) in [6, 6.07) is 3.43. The van der Waals surface area contributed by atoms with Crippen LogP contribution in [-0.4, -0.2) is 105 Å². The molecule has 1 saturated carbocycles. The van der Waals surface area contributed by atoms with Crippen LogP contribution in [0.4, 0.5) is 10.1 Å². The molecule has 1 atom stereocenters. The second-order valence-electron chi connectivity index (χ2n) is 13.6. The first-order chi connectivity index (χ1) is 25.1. The van der Waals surface area contributed by atoms with E-state index in [9.17, 15) is 14.4 Å². The van der Waals surface area contributed by atoms with Gasteiger partial charge in [-0.25, -0.2) is 4.39 Å². The van der Waals surface area contributed by atoms with Crippen molar-refractivity contribution in [3.05, 3.63) is 29.1 Å². The van der Waals surface area contributed by atoms with Gasteiger partial charge < -0.3 is 35.7 Å². The Labute approximate surface area is 317 Å². The fourth-order valence-corrected chi connectivity index (χ4v) is 8.64. The molecule has 4 fully saturated rings. The maximum Gasteiger partial charge on any atom is 0.253 e. The predicted octanol–water partition coefficient (Wildman–Crippen LogP) is 5.93. The Morgan fingerprint density at radius 3 is 2.10 bits per heavy atom. The summed E-state index contributed by atoms with van der Waals surface area (Å²) >= 11 is 1.98. The van der Waals surface area contributed by atoms with E-state index < -0.39 is 6.17 Å². The van der Waals surface area contributed by atoms with Gasteiger partial charge in [-0.2, -0.15) is 0 Å². The van der Waals surface area contributed by atoms with E-state index in [1.165, 1.54) is 6.07 Å². The number of anilines is 1. The number of carbonyl (C=O) groups excluding carboxylic acids is 4. The van der Waals surface area contributed by atoms with Gasteiger partial charge in [0.25, 0.3) is 5.91 Å². The number of rotatable bonds is 10. The molecule has 1 aliphatic carbocycles. The van der Waals surface area contributed by atoms with Crippen molar-refractivity contribution < 1.29 is 28.3 Å². The number of nitrogens with two attached hydrogens (primary N) is 1. The van der Waals surface area contributed by atoms with Crippen LogP contribution in [0.1, 0.15) is 115 Å². The van der Waals surface area contributed by atoms with Gasteiger partial charge in [-0.1, -0.05) is 53.0 Å². The summed E-state index contributed by atoms with van der Waals surface area (Å²) in [6.07, 6.45) is 9.49. The maximum absolute atomic E-state index is 15.1. The molecule has 3 aliphatic heterocycles. The van der Waals surface area contributed by atoms with Gasteiger partial charge in [-0.05, 0) is 87.8 Å². The number of nitrogens with one attached hydrogen (secondary N) is 2. The van der Waals surface area contributed by atoms with Crippen molar-refractivity contribution in [3.63, 3.8) is 0 Å².